The molecule has 0 fully saturated rings. The molecule has 0 spiro atoms. The number of aliphatic hydroxyl groups is 1. The van der Waals surface area contributed by atoms with Crippen molar-refractivity contribution in [3.05, 3.63) is 41.4 Å². The normalized spacial score (nSPS) is 11.4. The smallest absolute Gasteiger partial charge is 0.270 e. The van der Waals surface area contributed by atoms with Gasteiger partial charge in [-0.05, 0) is 11.8 Å². The minimum atomic E-state index is -0.167. The largest absolute Gasteiger partial charge is 0.396 e. The molecule has 1 amide bonds. The highest BCUT2D eigenvalue weighted by atomic mass is 32.1. The van der Waals surface area contributed by atoms with Crippen molar-refractivity contribution in [2.45, 2.75) is 20.3 Å². The molecule has 0 aliphatic heterocycles. The molecule has 0 bridgehead atoms. The minimum absolute atomic E-state index is 0.122. The Balaban J connectivity index is 2.00. The third-order valence-corrected chi connectivity index (χ3v) is 4.17. The summed E-state index contributed by atoms with van der Waals surface area (Å²) < 4.78 is 0. The van der Waals surface area contributed by atoms with Crippen molar-refractivity contribution in [1.29, 1.82) is 0 Å². The lowest BCUT2D eigenvalue weighted by Crippen LogP contribution is -2.34. The SMILES string of the molecule is CC(C)(CCO)CNC(=O)c1csc(-c2ccccc2)n1. The van der Waals surface area contributed by atoms with Crippen LogP contribution in [0.1, 0.15) is 30.8 Å². The molecule has 4 nitrogen and oxygen atoms in total. The highest BCUT2D eigenvalue weighted by molar-refractivity contribution is 7.13. The first-order valence-corrected chi connectivity index (χ1v) is 7.80. The van der Waals surface area contributed by atoms with Gasteiger partial charge in [0, 0.05) is 24.1 Å². The Hall–Kier alpha value is -1.72. The van der Waals surface area contributed by atoms with Crippen LogP contribution in [0.25, 0.3) is 10.6 Å². The van der Waals surface area contributed by atoms with Crippen LogP contribution >= 0.6 is 11.3 Å². The molecule has 2 rings (SSSR count). The molecule has 0 saturated heterocycles. The van der Waals surface area contributed by atoms with Crippen LogP contribution in [0, 0.1) is 5.41 Å². The Bertz CT molecular complexity index is 593. The van der Waals surface area contributed by atoms with Crippen molar-refractivity contribution in [2.24, 2.45) is 5.41 Å². The number of aliphatic hydroxyl groups excluding tert-OH is 1. The molecule has 0 saturated carbocycles. The average Bonchev–Trinajstić information content (AvgIpc) is 2.96. The van der Waals surface area contributed by atoms with E-state index in [2.05, 4.69) is 10.3 Å². The van der Waals surface area contributed by atoms with Crippen LogP contribution in [0.15, 0.2) is 35.7 Å². The van der Waals surface area contributed by atoms with Gasteiger partial charge < -0.3 is 10.4 Å². The van der Waals surface area contributed by atoms with E-state index in [9.17, 15) is 4.79 Å². The van der Waals surface area contributed by atoms with E-state index in [1.807, 2.05) is 44.2 Å². The predicted molar refractivity (Wildman–Crippen MR) is 85.4 cm³/mol. The fourth-order valence-electron chi connectivity index (χ4n) is 1.89. The maximum atomic E-state index is 12.1. The quantitative estimate of drug-likeness (QED) is 0.862. The molecular weight excluding hydrogens is 284 g/mol. The first kappa shape index (κ1) is 15.7. The zero-order valence-electron chi connectivity index (χ0n) is 12.3. The van der Waals surface area contributed by atoms with Crippen LogP contribution in [0.5, 0.6) is 0 Å². The molecule has 0 aliphatic rings. The van der Waals surface area contributed by atoms with Gasteiger partial charge in [-0.25, -0.2) is 4.98 Å². The second kappa shape index (κ2) is 6.83. The maximum Gasteiger partial charge on any atom is 0.270 e. The zero-order chi connectivity index (χ0) is 15.3. The van der Waals surface area contributed by atoms with Crippen molar-refractivity contribution < 1.29 is 9.90 Å². The number of nitrogens with zero attached hydrogens (tertiary/aromatic N) is 1. The van der Waals surface area contributed by atoms with Crippen LogP contribution < -0.4 is 5.32 Å². The summed E-state index contributed by atoms with van der Waals surface area (Å²) in [4.78, 5) is 16.5. The third-order valence-electron chi connectivity index (χ3n) is 3.27. The van der Waals surface area contributed by atoms with Gasteiger partial charge in [-0.1, -0.05) is 44.2 Å². The molecule has 0 aliphatic carbocycles. The van der Waals surface area contributed by atoms with Crippen LogP contribution in [0.3, 0.4) is 0 Å². The third kappa shape index (κ3) is 4.37. The Morgan fingerprint density at radius 1 is 1.33 bits per heavy atom. The van der Waals surface area contributed by atoms with Crippen molar-refractivity contribution in [3.63, 3.8) is 0 Å². The lowest BCUT2D eigenvalue weighted by atomic mass is 9.90. The summed E-state index contributed by atoms with van der Waals surface area (Å²) in [6, 6.07) is 9.81. The van der Waals surface area contributed by atoms with Crippen LogP contribution in [0.4, 0.5) is 0 Å². The van der Waals surface area contributed by atoms with Gasteiger partial charge in [0.2, 0.25) is 0 Å². The summed E-state index contributed by atoms with van der Waals surface area (Å²) >= 11 is 1.46. The summed E-state index contributed by atoms with van der Waals surface area (Å²) in [5, 5.41) is 14.5. The van der Waals surface area contributed by atoms with Gasteiger partial charge in [0.15, 0.2) is 0 Å². The predicted octanol–water partition coefficient (Wildman–Crippen LogP) is 2.95. The lowest BCUT2D eigenvalue weighted by molar-refractivity contribution is 0.0924. The Morgan fingerprint density at radius 3 is 2.71 bits per heavy atom. The van der Waals surface area contributed by atoms with E-state index >= 15 is 0 Å². The second-order valence-electron chi connectivity index (χ2n) is 5.72. The van der Waals surface area contributed by atoms with Crippen molar-refractivity contribution in [3.8, 4) is 10.6 Å². The Labute approximate surface area is 128 Å². The van der Waals surface area contributed by atoms with Gasteiger partial charge in [0.05, 0.1) is 0 Å². The first-order chi connectivity index (χ1) is 10.0. The number of carbonyl (C=O) groups excluding carboxylic acids is 1. The number of rotatable bonds is 6. The lowest BCUT2D eigenvalue weighted by Gasteiger charge is -2.23. The molecule has 2 N–H and O–H groups in total. The highest BCUT2D eigenvalue weighted by Crippen LogP contribution is 2.23. The fraction of sp³-hybridized carbons (Fsp3) is 0.375. The van der Waals surface area contributed by atoms with Gasteiger partial charge in [-0.2, -0.15) is 0 Å². The number of nitrogens with one attached hydrogen (secondary N) is 1. The van der Waals surface area contributed by atoms with Crippen LogP contribution in [0.2, 0.25) is 0 Å². The molecular formula is C16H20N2O2S. The molecule has 112 valence electrons. The number of carbonyl (C=O) groups is 1. The molecule has 21 heavy (non-hydrogen) atoms. The Morgan fingerprint density at radius 2 is 2.05 bits per heavy atom. The minimum Gasteiger partial charge on any atom is -0.396 e. The average molecular weight is 304 g/mol. The molecule has 1 aromatic heterocycles. The highest BCUT2D eigenvalue weighted by Gasteiger charge is 2.19. The number of thiazole rings is 1. The van der Waals surface area contributed by atoms with Crippen molar-refractivity contribution in [1.82, 2.24) is 10.3 Å². The molecule has 0 radical (unpaired) electrons. The number of aromatic nitrogens is 1. The molecule has 1 aromatic carbocycles. The van der Waals surface area contributed by atoms with Crippen LogP contribution in [-0.4, -0.2) is 29.1 Å². The standard InChI is InChI=1S/C16H20N2O2S/c1-16(2,8-9-19)11-17-14(20)13-10-21-15(18-13)12-6-4-3-5-7-12/h3-7,10,19H,8-9,11H2,1-2H3,(H,17,20). The summed E-state index contributed by atoms with van der Waals surface area (Å²) in [5.41, 5.74) is 1.34. The van der Waals surface area contributed by atoms with Gasteiger partial charge in [-0.15, -0.1) is 11.3 Å². The number of amides is 1. The summed E-state index contributed by atoms with van der Waals surface area (Å²) in [6.07, 6.45) is 0.652. The van der Waals surface area contributed by atoms with E-state index in [1.54, 1.807) is 5.38 Å². The number of hydrogen-bond donors (Lipinski definition) is 2. The topological polar surface area (TPSA) is 62.2 Å². The Kier molecular flexibility index (Phi) is 5.09. The van der Waals surface area contributed by atoms with Gasteiger partial charge in [-0.3, -0.25) is 4.79 Å². The summed E-state index contributed by atoms with van der Waals surface area (Å²) in [6.45, 7) is 4.67. The first-order valence-electron chi connectivity index (χ1n) is 6.92. The van der Waals surface area contributed by atoms with E-state index in [1.165, 1.54) is 11.3 Å². The van der Waals surface area contributed by atoms with Crippen molar-refractivity contribution in [2.75, 3.05) is 13.2 Å². The summed E-state index contributed by atoms with van der Waals surface area (Å²) in [7, 11) is 0. The molecule has 0 atom stereocenters. The number of benzene rings is 1. The van der Waals surface area contributed by atoms with Gasteiger partial charge in [0.25, 0.3) is 5.91 Å². The fourth-order valence-corrected chi connectivity index (χ4v) is 2.70. The molecule has 1 heterocycles. The van der Waals surface area contributed by atoms with E-state index < -0.39 is 0 Å². The van der Waals surface area contributed by atoms with E-state index in [-0.39, 0.29) is 17.9 Å². The monoisotopic (exact) mass is 304 g/mol. The maximum absolute atomic E-state index is 12.1. The molecule has 5 heteroatoms. The number of hydrogen-bond acceptors (Lipinski definition) is 4. The van der Waals surface area contributed by atoms with Gasteiger partial charge >= 0.3 is 0 Å². The summed E-state index contributed by atoms with van der Waals surface area (Å²) in [5.74, 6) is -0.167. The van der Waals surface area contributed by atoms with E-state index in [0.717, 1.165) is 10.6 Å². The molecule has 2 aromatic rings. The molecule has 0 unspecified atom stereocenters. The zero-order valence-corrected chi connectivity index (χ0v) is 13.1. The van der Waals surface area contributed by atoms with Crippen molar-refractivity contribution >= 4 is 17.2 Å². The van der Waals surface area contributed by atoms with E-state index in [4.69, 9.17) is 5.11 Å². The second-order valence-corrected chi connectivity index (χ2v) is 6.58. The van der Waals surface area contributed by atoms with Crippen LogP contribution in [-0.2, 0) is 0 Å². The van der Waals surface area contributed by atoms with Gasteiger partial charge in [0.1, 0.15) is 10.7 Å². The van der Waals surface area contributed by atoms with E-state index in [0.29, 0.717) is 18.7 Å².